The van der Waals surface area contributed by atoms with Crippen molar-refractivity contribution in [1.82, 2.24) is 4.98 Å². The van der Waals surface area contributed by atoms with Gasteiger partial charge in [-0.3, -0.25) is 4.98 Å². The van der Waals surface area contributed by atoms with Crippen LogP contribution in [0.4, 0.5) is 0 Å². The smallest absolute Gasteiger partial charge is 0.0410 e. The van der Waals surface area contributed by atoms with Gasteiger partial charge in [0, 0.05) is 22.4 Å². The fourth-order valence-electron chi connectivity index (χ4n) is 2.95. The number of pyridine rings is 1. The van der Waals surface area contributed by atoms with Crippen molar-refractivity contribution in [3.63, 3.8) is 0 Å². The summed E-state index contributed by atoms with van der Waals surface area (Å²) < 4.78 is 1.04. The van der Waals surface area contributed by atoms with Crippen molar-refractivity contribution in [3.05, 3.63) is 28.5 Å². The maximum absolute atomic E-state index is 6.63. The van der Waals surface area contributed by atoms with Crippen LogP contribution < -0.4 is 5.73 Å². The second-order valence-corrected chi connectivity index (χ2v) is 6.62. The van der Waals surface area contributed by atoms with Gasteiger partial charge in [0.05, 0.1) is 0 Å². The van der Waals surface area contributed by atoms with E-state index in [0.717, 1.165) is 23.2 Å². The number of halogens is 1. The normalized spacial score (nSPS) is 33.6. The Morgan fingerprint density at radius 2 is 2.18 bits per heavy atom. The molecule has 0 saturated heterocycles. The van der Waals surface area contributed by atoms with E-state index in [-0.39, 0.29) is 5.54 Å². The summed E-state index contributed by atoms with van der Waals surface area (Å²) in [5.41, 5.74) is 7.82. The largest absolute Gasteiger partial charge is 0.325 e. The summed E-state index contributed by atoms with van der Waals surface area (Å²) in [6.45, 7) is 4.60. The number of hydrogen-bond donors (Lipinski definition) is 1. The van der Waals surface area contributed by atoms with Crippen LogP contribution in [-0.4, -0.2) is 10.5 Å². The quantitative estimate of drug-likeness (QED) is 0.907. The molecule has 3 unspecified atom stereocenters. The Labute approximate surface area is 112 Å². The van der Waals surface area contributed by atoms with Crippen molar-refractivity contribution in [2.45, 2.75) is 45.1 Å². The van der Waals surface area contributed by atoms with Crippen LogP contribution in [-0.2, 0) is 6.42 Å². The summed E-state index contributed by atoms with van der Waals surface area (Å²) in [6.07, 6.45) is 8.38. The van der Waals surface area contributed by atoms with Gasteiger partial charge >= 0.3 is 0 Å². The van der Waals surface area contributed by atoms with E-state index in [1.54, 1.807) is 0 Å². The minimum absolute atomic E-state index is 0.0554. The van der Waals surface area contributed by atoms with Crippen LogP contribution in [0.2, 0.25) is 0 Å². The average molecular weight is 297 g/mol. The summed E-state index contributed by atoms with van der Waals surface area (Å²) in [4.78, 5) is 4.22. The lowest BCUT2D eigenvalue weighted by Gasteiger charge is -2.42. The van der Waals surface area contributed by atoms with E-state index in [4.69, 9.17) is 5.73 Å². The second kappa shape index (κ2) is 5.07. The predicted octanol–water partition coefficient (Wildman–Crippen LogP) is 3.54. The van der Waals surface area contributed by atoms with Gasteiger partial charge in [0.25, 0.3) is 0 Å². The van der Waals surface area contributed by atoms with E-state index in [9.17, 15) is 0 Å². The molecule has 0 bridgehead atoms. The SMILES string of the molecule is CC1CCC(C)C(N)(Cc2cncc(Br)c2)C1. The third kappa shape index (κ3) is 3.08. The Kier molecular flexibility index (Phi) is 3.88. The molecule has 2 rings (SSSR count). The molecule has 1 aromatic heterocycles. The Morgan fingerprint density at radius 1 is 1.41 bits per heavy atom. The van der Waals surface area contributed by atoms with Gasteiger partial charge in [0.2, 0.25) is 0 Å². The summed E-state index contributed by atoms with van der Waals surface area (Å²) in [5, 5.41) is 0. The van der Waals surface area contributed by atoms with E-state index in [1.807, 2.05) is 12.4 Å². The molecule has 1 fully saturated rings. The molecule has 0 aromatic carbocycles. The van der Waals surface area contributed by atoms with Gasteiger partial charge in [-0.15, -0.1) is 0 Å². The van der Waals surface area contributed by atoms with E-state index >= 15 is 0 Å². The second-order valence-electron chi connectivity index (χ2n) is 5.71. The Morgan fingerprint density at radius 3 is 2.88 bits per heavy atom. The van der Waals surface area contributed by atoms with E-state index < -0.39 is 0 Å². The van der Waals surface area contributed by atoms with Gasteiger partial charge in [-0.2, -0.15) is 0 Å². The predicted molar refractivity (Wildman–Crippen MR) is 74.7 cm³/mol. The number of rotatable bonds is 2. The minimum atomic E-state index is -0.0554. The van der Waals surface area contributed by atoms with Crippen molar-refractivity contribution in [2.75, 3.05) is 0 Å². The molecule has 1 saturated carbocycles. The van der Waals surface area contributed by atoms with Gasteiger partial charge < -0.3 is 5.73 Å². The number of aromatic nitrogens is 1. The maximum Gasteiger partial charge on any atom is 0.0410 e. The molecule has 1 aliphatic carbocycles. The molecule has 94 valence electrons. The summed E-state index contributed by atoms with van der Waals surface area (Å²) in [7, 11) is 0. The first kappa shape index (κ1) is 13.0. The fraction of sp³-hybridized carbons (Fsp3) is 0.643. The molecule has 1 aliphatic rings. The molecule has 0 spiro atoms. The van der Waals surface area contributed by atoms with Crippen LogP contribution >= 0.6 is 15.9 Å². The van der Waals surface area contributed by atoms with Gasteiger partial charge in [-0.1, -0.05) is 20.3 Å². The molecule has 1 heterocycles. The van der Waals surface area contributed by atoms with Crippen molar-refractivity contribution < 1.29 is 0 Å². The third-order valence-electron chi connectivity index (χ3n) is 4.10. The summed E-state index contributed by atoms with van der Waals surface area (Å²) >= 11 is 3.47. The lowest BCUT2D eigenvalue weighted by atomic mass is 9.68. The lowest BCUT2D eigenvalue weighted by Crippen LogP contribution is -2.51. The third-order valence-corrected chi connectivity index (χ3v) is 4.53. The van der Waals surface area contributed by atoms with Crippen LogP contribution in [0.5, 0.6) is 0 Å². The first-order valence-electron chi connectivity index (χ1n) is 6.38. The molecular formula is C14H21BrN2. The van der Waals surface area contributed by atoms with Gasteiger partial charge in [0.1, 0.15) is 0 Å². The topological polar surface area (TPSA) is 38.9 Å². The molecule has 0 radical (unpaired) electrons. The Balaban J connectivity index is 2.15. The Bertz CT molecular complexity index is 394. The first-order valence-corrected chi connectivity index (χ1v) is 7.17. The van der Waals surface area contributed by atoms with Crippen molar-refractivity contribution in [1.29, 1.82) is 0 Å². The molecule has 0 amide bonds. The van der Waals surface area contributed by atoms with Crippen LogP contribution in [0, 0.1) is 11.8 Å². The maximum atomic E-state index is 6.63. The van der Waals surface area contributed by atoms with Gasteiger partial charge in [-0.25, -0.2) is 0 Å². The first-order chi connectivity index (χ1) is 7.99. The number of hydrogen-bond acceptors (Lipinski definition) is 2. The van der Waals surface area contributed by atoms with E-state index in [1.165, 1.54) is 18.4 Å². The lowest BCUT2D eigenvalue weighted by molar-refractivity contribution is 0.161. The highest BCUT2D eigenvalue weighted by molar-refractivity contribution is 9.10. The van der Waals surface area contributed by atoms with Crippen molar-refractivity contribution in [3.8, 4) is 0 Å². The van der Waals surface area contributed by atoms with Crippen LogP contribution in [0.1, 0.15) is 38.7 Å². The molecule has 2 N–H and O–H groups in total. The number of nitrogens with zero attached hydrogens (tertiary/aromatic N) is 1. The highest BCUT2D eigenvalue weighted by Gasteiger charge is 2.37. The van der Waals surface area contributed by atoms with E-state index in [0.29, 0.717) is 5.92 Å². The van der Waals surface area contributed by atoms with Crippen molar-refractivity contribution in [2.24, 2.45) is 17.6 Å². The molecule has 0 aliphatic heterocycles. The highest BCUT2D eigenvalue weighted by Crippen LogP contribution is 2.37. The van der Waals surface area contributed by atoms with Crippen LogP contribution in [0.15, 0.2) is 22.9 Å². The standard InChI is InChI=1S/C14H21BrN2/c1-10-3-4-11(2)14(16,6-10)7-12-5-13(15)9-17-8-12/h5,8-11H,3-4,6-7,16H2,1-2H3. The number of nitrogens with two attached hydrogens (primary N) is 1. The minimum Gasteiger partial charge on any atom is -0.325 e. The molecule has 3 atom stereocenters. The zero-order chi connectivity index (χ0) is 12.5. The Hall–Kier alpha value is -0.410. The fourth-order valence-corrected chi connectivity index (χ4v) is 3.37. The molecular weight excluding hydrogens is 276 g/mol. The monoisotopic (exact) mass is 296 g/mol. The molecule has 2 nitrogen and oxygen atoms in total. The zero-order valence-corrected chi connectivity index (χ0v) is 12.2. The van der Waals surface area contributed by atoms with Crippen LogP contribution in [0.3, 0.4) is 0 Å². The summed E-state index contributed by atoms with van der Waals surface area (Å²) in [5.74, 6) is 1.34. The molecule has 3 heteroatoms. The molecule has 17 heavy (non-hydrogen) atoms. The van der Waals surface area contributed by atoms with Crippen molar-refractivity contribution >= 4 is 15.9 Å². The highest BCUT2D eigenvalue weighted by atomic mass is 79.9. The summed E-state index contributed by atoms with van der Waals surface area (Å²) in [6, 6.07) is 2.13. The average Bonchev–Trinajstić information content (AvgIpc) is 2.24. The van der Waals surface area contributed by atoms with E-state index in [2.05, 4.69) is 40.8 Å². The zero-order valence-electron chi connectivity index (χ0n) is 10.6. The van der Waals surface area contributed by atoms with Gasteiger partial charge in [0.15, 0.2) is 0 Å². The van der Waals surface area contributed by atoms with Crippen LogP contribution in [0.25, 0.3) is 0 Å². The van der Waals surface area contributed by atoms with Gasteiger partial charge in [-0.05, 0) is 58.7 Å². The molecule has 1 aromatic rings.